The van der Waals surface area contributed by atoms with Crippen LogP contribution in [0.25, 0.3) is 11.2 Å². The molecule has 0 fully saturated rings. The van der Waals surface area contributed by atoms with Gasteiger partial charge in [-0.25, -0.2) is 0 Å². The molecule has 0 spiro atoms. The number of ether oxygens (including phenoxy) is 1. The number of pyridine rings is 1. The Kier molecular flexibility index (Phi) is 3.98. The predicted molar refractivity (Wildman–Crippen MR) is 74.6 cm³/mol. The fourth-order valence-electron chi connectivity index (χ4n) is 1.88. The van der Waals surface area contributed by atoms with Crippen LogP contribution in [0.4, 0.5) is 0 Å². The molecule has 0 saturated carbocycles. The monoisotopic (exact) mass is 266 g/mol. The molecule has 2 heterocycles. The molecule has 18 heavy (non-hydrogen) atoms. The highest BCUT2D eigenvalue weighted by Crippen LogP contribution is 2.16. The maximum Gasteiger partial charge on any atom is 0.215 e. The molecule has 0 aromatic carbocycles. The highest BCUT2D eigenvalue weighted by molar-refractivity contribution is 7.71. The minimum Gasteiger partial charge on any atom is -0.481 e. The second-order valence-electron chi connectivity index (χ2n) is 4.46. The highest BCUT2D eigenvalue weighted by atomic mass is 32.1. The summed E-state index contributed by atoms with van der Waals surface area (Å²) in [5, 5.41) is 0. The van der Waals surface area contributed by atoms with E-state index in [0.29, 0.717) is 10.7 Å². The van der Waals surface area contributed by atoms with Crippen LogP contribution in [0.5, 0.6) is 5.88 Å². The first-order valence-corrected chi connectivity index (χ1v) is 6.31. The Morgan fingerprint density at radius 3 is 2.89 bits per heavy atom. The number of aromatic nitrogens is 3. The van der Waals surface area contributed by atoms with Crippen molar-refractivity contribution < 1.29 is 4.74 Å². The summed E-state index contributed by atoms with van der Waals surface area (Å²) >= 11 is 5.32. The molecule has 2 aromatic heterocycles. The summed E-state index contributed by atoms with van der Waals surface area (Å²) in [6.07, 6.45) is 1.03. The maximum absolute atomic E-state index is 5.32. The first-order valence-electron chi connectivity index (χ1n) is 5.90. The molecule has 0 radical (unpaired) electrons. The SMILES string of the molecule is COc1ccc2[nH]c(=S)n(CCCN(C)C)c2n1. The molecule has 98 valence electrons. The van der Waals surface area contributed by atoms with Crippen molar-refractivity contribution in [3.05, 3.63) is 16.9 Å². The van der Waals surface area contributed by atoms with Gasteiger partial charge in [0.15, 0.2) is 10.4 Å². The Hall–Kier alpha value is -1.40. The van der Waals surface area contributed by atoms with Crippen molar-refractivity contribution in [2.24, 2.45) is 0 Å². The van der Waals surface area contributed by atoms with E-state index in [4.69, 9.17) is 17.0 Å². The summed E-state index contributed by atoms with van der Waals surface area (Å²) in [6, 6.07) is 3.77. The largest absolute Gasteiger partial charge is 0.481 e. The van der Waals surface area contributed by atoms with Crippen molar-refractivity contribution in [3.8, 4) is 5.88 Å². The third kappa shape index (κ3) is 2.70. The summed E-state index contributed by atoms with van der Waals surface area (Å²) in [4.78, 5) is 9.76. The van der Waals surface area contributed by atoms with Crippen molar-refractivity contribution >= 4 is 23.4 Å². The first kappa shape index (κ1) is 13.0. The van der Waals surface area contributed by atoms with Crippen LogP contribution >= 0.6 is 12.2 Å². The number of aromatic amines is 1. The molecule has 0 amide bonds. The van der Waals surface area contributed by atoms with Gasteiger partial charge < -0.3 is 19.2 Å². The Morgan fingerprint density at radius 1 is 1.44 bits per heavy atom. The predicted octanol–water partition coefficient (Wildman–Crippen LogP) is 2.05. The summed E-state index contributed by atoms with van der Waals surface area (Å²) in [5.74, 6) is 0.609. The van der Waals surface area contributed by atoms with Crippen molar-refractivity contribution in [2.75, 3.05) is 27.7 Å². The molecule has 1 N–H and O–H groups in total. The summed E-state index contributed by atoms with van der Waals surface area (Å²) < 4.78 is 7.89. The van der Waals surface area contributed by atoms with Crippen LogP contribution in [0, 0.1) is 4.77 Å². The third-order valence-electron chi connectivity index (χ3n) is 2.79. The van der Waals surface area contributed by atoms with E-state index in [-0.39, 0.29) is 0 Å². The van der Waals surface area contributed by atoms with E-state index in [9.17, 15) is 0 Å². The Morgan fingerprint density at radius 2 is 2.22 bits per heavy atom. The topological polar surface area (TPSA) is 46.1 Å². The van der Waals surface area contributed by atoms with Gasteiger partial charge in [0.25, 0.3) is 0 Å². The molecule has 0 atom stereocenters. The Bertz CT molecular complexity index is 587. The number of nitrogens with zero attached hydrogens (tertiary/aromatic N) is 3. The normalized spacial score (nSPS) is 11.3. The number of H-pyrrole nitrogens is 1. The lowest BCUT2D eigenvalue weighted by Gasteiger charge is -2.09. The highest BCUT2D eigenvalue weighted by Gasteiger charge is 2.07. The van der Waals surface area contributed by atoms with Crippen LogP contribution in [0.3, 0.4) is 0 Å². The van der Waals surface area contributed by atoms with E-state index >= 15 is 0 Å². The number of rotatable bonds is 5. The molecule has 6 heteroatoms. The van der Waals surface area contributed by atoms with E-state index in [0.717, 1.165) is 30.7 Å². The number of nitrogens with one attached hydrogen (secondary N) is 1. The fraction of sp³-hybridized carbons (Fsp3) is 0.500. The van der Waals surface area contributed by atoms with Crippen molar-refractivity contribution in [1.82, 2.24) is 19.4 Å². The zero-order chi connectivity index (χ0) is 13.1. The van der Waals surface area contributed by atoms with Crippen LogP contribution in [0.1, 0.15) is 6.42 Å². The van der Waals surface area contributed by atoms with Crippen LogP contribution in [-0.2, 0) is 6.54 Å². The minimum absolute atomic E-state index is 0.609. The molecule has 0 aliphatic heterocycles. The van der Waals surface area contributed by atoms with E-state index in [1.54, 1.807) is 7.11 Å². The molecular weight excluding hydrogens is 248 g/mol. The van der Waals surface area contributed by atoms with Crippen molar-refractivity contribution in [3.63, 3.8) is 0 Å². The van der Waals surface area contributed by atoms with Crippen LogP contribution in [0.15, 0.2) is 12.1 Å². The molecule has 0 bridgehead atoms. The van der Waals surface area contributed by atoms with Gasteiger partial charge in [0, 0.05) is 12.6 Å². The summed E-state index contributed by atoms with van der Waals surface area (Å²) in [5.41, 5.74) is 1.81. The lowest BCUT2D eigenvalue weighted by molar-refractivity contribution is 0.385. The molecule has 5 nitrogen and oxygen atoms in total. The van der Waals surface area contributed by atoms with Gasteiger partial charge in [-0.05, 0) is 45.3 Å². The van der Waals surface area contributed by atoms with Gasteiger partial charge in [0.05, 0.1) is 12.6 Å². The third-order valence-corrected chi connectivity index (χ3v) is 3.11. The average Bonchev–Trinajstić information content (AvgIpc) is 2.64. The Balaban J connectivity index is 2.30. The molecule has 0 aliphatic rings. The average molecular weight is 266 g/mol. The summed E-state index contributed by atoms with van der Waals surface area (Å²) in [6.45, 7) is 1.88. The van der Waals surface area contributed by atoms with Crippen molar-refractivity contribution in [1.29, 1.82) is 0 Å². The van der Waals surface area contributed by atoms with Gasteiger partial charge in [-0.15, -0.1) is 0 Å². The van der Waals surface area contributed by atoms with E-state index in [1.165, 1.54) is 0 Å². The van der Waals surface area contributed by atoms with Crippen molar-refractivity contribution in [2.45, 2.75) is 13.0 Å². The van der Waals surface area contributed by atoms with Gasteiger partial charge >= 0.3 is 0 Å². The first-order chi connectivity index (χ1) is 8.61. The van der Waals surface area contributed by atoms with Crippen LogP contribution in [-0.4, -0.2) is 47.2 Å². The molecule has 0 unspecified atom stereocenters. The van der Waals surface area contributed by atoms with Gasteiger partial charge in [-0.3, -0.25) is 0 Å². The number of hydrogen-bond donors (Lipinski definition) is 1. The molecular formula is C12H18N4OS. The fourth-order valence-corrected chi connectivity index (χ4v) is 2.17. The van der Waals surface area contributed by atoms with Gasteiger partial charge in [0.2, 0.25) is 5.88 Å². The van der Waals surface area contributed by atoms with Gasteiger partial charge in [0.1, 0.15) is 0 Å². The summed E-state index contributed by atoms with van der Waals surface area (Å²) in [7, 11) is 5.75. The lowest BCUT2D eigenvalue weighted by Crippen LogP contribution is -2.15. The van der Waals surface area contributed by atoms with Crippen LogP contribution < -0.4 is 4.74 Å². The van der Waals surface area contributed by atoms with E-state index in [2.05, 4.69) is 29.0 Å². The number of aryl methyl sites for hydroxylation is 1. The van der Waals surface area contributed by atoms with E-state index < -0.39 is 0 Å². The maximum atomic E-state index is 5.32. The zero-order valence-electron chi connectivity index (χ0n) is 10.9. The number of hydrogen-bond acceptors (Lipinski definition) is 4. The molecule has 0 saturated heterocycles. The van der Waals surface area contributed by atoms with Gasteiger partial charge in [-0.2, -0.15) is 4.98 Å². The van der Waals surface area contributed by atoms with E-state index in [1.807, 2.05) is 16.7 Å². The molecule has 2 rings (SSSR count). The second kappa shape index (κ2) is 5.49. The molecule has 0 aliphatic carbocycles. The standard InChI is InChI=1S/C12H18N4OS/c1-15(2)7-4-8-16-11-9(13-12(16)18)5-6-10(14-11)17-3/h5-6H,4,7-8H2,1-3H3,(H,13,18). The Labute approximate surface area is 111 Å². The number of imidazole rings is 1. The second-order valence-corrected chi connectivity index (χ2v) is 4.85. The lowest BCUT2D eigenvalue weighted by atomic mass is 10.4. The molecule has 2 aromatic rings. The van der Waals surface area contributed by atoms with Crippen LogP contribution in [0.2, 0.25) is 0 Å². The quantitative estimate of drug-likeness (QED) is 0.841. The zero-order valence-corrected chi connectivity index (χ0v) is 11.8. The minimum atomic E-state index is 0.609. The number of fused-ring (bicyclic) bond motifs is 1. The van der Waals surface area contributed by atoms with Gasteiger partial charge in [-0.1, -0.05) is 0 Å². The number of methoxy groups -OCH3 is 1. The smallest absolute Gasteiger partial charge is 0.215 e.